The molecule has 0 amide bonds. The minimum absolute atomic E-state index is 0.0384. The molecule has 0 fully saturated rings. The maximum atomic E-state index is 12.9. The molecule has 0 unspecified atom stereocenters. The lowest BCUT2D eigenvalue weighted by atomic mass is 10.3. The van der Waals surface area contributed by atoms with Gasteiger partial charge in [-0.2, -0.15) is 4.98 Å². The topological polar surface area (TPSA) is 50.7 Å². The monoisotopic (exact) mass is 229 g/mol. The van der Waals surface area contributed by atoms with E-state index in [-0.39, 0.29) is 11.5 Å². The smallest absolute Gasteiger partial charge is 0.244 e. The predicted octanol–water partition coefficient (Wildman–Crippen LogP) is 1.29. The number of nitrogens with one attached hydrogen (secondary N) is 1. The van der Waals surface area contributed by atoms with Crippen molar-refractivity contribution >= 4 is 0 Å². The third-order valence-corrected chi connectivity index (χ3v) is 2.02. The van der Waals surface area contributed by atoms with Crippen LogP contribution in [0.25, 0.3) is 5.69 Å². The van der Waals surface area contributed by atoms with E-state index in [1.54, 1.807) is 0 Å². The number of aromatic nitrogens is 3. The van der Waals surface area contributed by atoms with Crippen LogP contribution >= 0.6 is 0 Å². The molecule has 1 aromatic carbocycles. The van der Waals surface area contributed by atoms with Gasteiger partial charge in [-0.1, -0.05) is 0 Å². The van der Waals surface area contributed by atoms with Gasteiger partial charge in [0, 0.05) is 12.1 Å². The molecule has 2 aromatic rings. The van der Waals surface area contributed by atoms with Crippen LogP contribution in [-0.4, -0.2) is 14.8 Å². The van der Waals surface area contributed by atoms with Crippen LogP contribution in [0.4, 0.5) is 13.2 Å². The average molecular weight is 229 g/mol. The highest BCUT2D eigenvalue weighted by Crippen LogP contribution is 2.16. The zero-order valence-electron chi connectivity index (χ0n) is 8.09. The fraction of sp³-hybridized carbons (Fsp3) is 0.111. The summed E-state index contributed by atoms with van der Waals surface area (Å²) in [6.45, 7) is 1.47. The van der Waals surface area contributed by atoms with Gasteiger partial charge in [0.05, 0.1) is 5.69 Å². The second-order valence-electron chi connectivity index (χ2n) is 3.13. The molecule has 0 aliphatic rings. The number of rotatable bonds is 1. The molecule has 0 aliphatic carbocycles. The van der Waals surface area contributed by atoms with Gasteiger partial charge < -0.3 is 0 Å². The quantitative estimate of drug-likeness (QED) is 0.749. The summed E-state index contributed by atoms with van der Waals surface area (Å²) in [7, 11) is 0. The Morgan fingerprint density at radius 1 is 1.25 bits per heavy atom. The Morgan fingerprint density at radius 3 is 2.25 bits per heavy atom. The molecule has 0 bridgehead atoms. The van der Waals surface area contributed by atoms with Crippen LogP contribution in [-0.2, 0) is 0 Å². The summed E-state index contributed by atoms with van der Waals surface area (Å²) in [6, 6.07) is 1.53. The van der Waals surface area contributed by atoms with Crippen LogP contribution in [0.5, 0.6) is 0 Å². The van der Waals surface area contributed by atoms with Gasteiger partial charge in [0.25, 0.3) is 0 Å². The van der Waals surface area contributed by atoms with E-state index in [2.05, 4.69) is 10.1 Å². The summed E-state index contributed by atoms with van der Waals surface area (Å²) in [5.74, 6) is -3.99. The first kappa shape index (κ1) is 10.5. The third kappa shape index (κ3) is 1.60. The van der Waals surface area contributed by atoms with E-state index in [0.717, 1.165) is 16.8 Å². The van der Waals surface area contributed by atoms with Crippen LogP contribution in [0.2, 0.25) is 0 Å². The van der Waals surface area contributed by atoms with Crippen LogP contribution in [0.1, 0.15) is 5.82 Å². The fourth-order valence-electron chi connectivity index (χ4n) is 1.32. The van der Waals surface area contributed by atoms with Gasteiger partial charge in [-0.25, -0.2) is 27.7 Å². The largest absolute Gasteiger partial charge is 0.361 e. The van der Waals surface area contributed by atoms with Crippen molar-refractivity contribution in [3.05, 3.63) is 45.9 Å². The van der Waals surface area contributed by atoms with E-state index in [0.29, 0.717) is 0 Å². The van der Waals surface area contributed by atoms with E-state index in [1.165, 1.54) is 6.92 Å². The number of hydrogen-bond donors (Lipinski definition) is 1. The van der Waals surface area contributed by atoms with Crippen molar-refractivity contribution < 1.29 is 13.2 Å². The lowest BCUT2D eigenvalue weighted by molar-refractivity contribution is 0.446. The Morgan fingerprint density at radius 2 is 1.81 bits per heavy atom. The van der Waals surface area contributed by atoms with Crippen molar-refractivity contribution in [1.29, 1.82) is 0 Å². The minimum atomic E-state index is -1.55. The van der Waals surface area contributed by atoms with Gasteiger partial charge in [-0.3, -0.25) is 0 Å². The number of aryl methyl sites for hydroxylation is 1. The van der Waals surface area contributed by atoms with E-state index in [9.17, 15) is 18.0 Å². The van der Waals surface area contributed by atoms with Crippen LogP contribution in [0, 0.1) is 24.4 Å². The van der Waals surface area contributed by atoms with Gasteiger partial charge in [0.1, 0.15) is 5.82 Å². The Balaban J connectivity index is 2.65. The summed E-state index contributed by atoms with van der Waals surface area (Å²) < 4.78 is 39.6. The first-order valence-electron chi connectivity index (χ1n) is 4.29. The van der Waals surface area contributed by atoms with Crippen molar-refractivity contribution in [2.75, 3.05) is 0 Å². The molecule has 1 heterocycles. The maximum Gasteiger partial charge on any atom is 0.361 e. The van der Waals surface area contributed by atoms with Gasteiger partial charge in [-0.15, -0.1) is 0 Å². The Labute approximate surface area is 87.3 Å². The first-order valence-corrected chi connectivity index (χ1v) is 4.29. The number of benzene rings is 1. The van der Waals surface area contributed by atoms with Crippen molar-refractivity contribution in [2.45, 2.75) is 6.92 Å². The van der Waals surface area contributed by atoms with E-state index < -0.39 is 23.1 Å². The van der Waals surface area contributed by atoms with Crippen LogP contribution in [0.15, 0.2) is 16.9 Å². The summed E-state index contributed by atoms with van der Waals surface area (Å²) in [5, 5.41) is 2.23. The summed E-state index contributed by atoms with van der Waals surface area (Å²) >= 11 is 0. The highest BCUT2D eigenvalue weighted by molar-refractivity contribution is 5.33. The molecule has 4 nitrogen and oxygen atoms in total. The number of aromatic amines is 1. The number of nitrogens with zero attached hydrogens (tertiary/aromatic N) is 2. The average Bonchev–Trinajstić information content (AvgIpc) is 2.53. The van der Waals surface area contributed by atoms with Crippen molar-refractivity contribution in [2.24, 2.45) is 0 Å². The molecule has 1 aromatic heterocycles. The Bertz CT molecular complexity index is 579. The summed E-state index contributed by atoms with van der Waals surface area (Å²) in [6.07, 6.45) is 0. The zero-order chi connectivity index (χ0) is 11.9. The molecular formula is C9H6F3N3O. The highest BCUT2D eigenvalue weighted by Gasteiger charge is 2.13. The van der Waals surface area contributed by atoms with Crippen molar-refractivity contribution in [3.63, 3.8) is 0 Å². The molecule has 7 heteroatoms. The van der Waals surface area contributed by atoms with Crippen molar-refractivity contribution in [1.82, 2.24) is 14.8 Å². The van der Waals surface area contributed by atoms with Crippen LogP contribution < -0.4 is 5.69 Å². The van der Waals surface area contributed by atoms with Gasteiger partial charge in [0.15, 0.2) is 17.5 Å². The Hall–Kier alpha value is -2.05. The third-order valence-electron chi connectivity index (χ3n) is 2.02. The number of halogens is 3. The maximum absolute atomic E-state index is 12.9. The van der Waals surface area contributed by atoms with Gasteiger partial charge >= 0.3 is 5.69 Å². The number of hydrogen-bond acceptors (Lipinski definition) is 2. The molecule has 0 saturated carbocycles. The molecule has 1 N–H and O–H groups in total. The van der Waals surface area contributed by atoms with Gasteiger partial charge in [0.2, 0.25) is 0 Å². The highest BCUT2D eigenvalue weighted by atomic mass is 19.2. The van der Waals surface area contributed by atoms with E-state index >= 15 is 0 Å². The molecular weight excluding hydrogens is 223 g/mol. The minimum Gasteiger partial charge on any atom is -0.244 e. The second-order valence-corrected chi connectivity index (χ2v) is 3.13. The summed E-state index contributed by atoms with van der Waals surface area (Å²) in [4.78, 5) is 14.4. The van der Waals surface area contributed by atoms with Gasteiger partial charge in [-0.05, 0) is 6.92 Å². The molecule has 0 atom stereocenters. The molecule has 0 saturated heterocycles. The standard InChI is InChI=1S/C9H6F3N3O/c1-4-13-9(16)14-15(4)5-2-6(10)8(12)7(11)3-5/h2-3H,1H3,(H,14,16). The lowest BCUT2D eigenvalue weighted by Gasteiger charge is -2.04. The molecule has 0 radical (unpaired) electrons. The van der Waals surface area contributed by atoms with Crippen LogP contribution in [0.3, 0.4) is 0 Å². The molecule has 16 heavy (non-hydrogen) atoms. The molecule has 0 aliphatic heterocycles. The predicted molar refractivity (Wildman–Crippen MR) is 48.8 cm³/mol. The lowest BCUT2D eigenvalue weighted by Crippen LogP contribution is -2.06. The SMILES string of the molecule is Cc1nc(=O)[nH]n1-c1cc(F)c(F)c(F)c1. The normalized spacial score (nSPS) is 10.8. The number of H-pyrrole nitrogens is 1. The van der Waals surface area contributed by atoms with E-state index in [1.807, 2.05) is 0 Å². The fourth-order valence-corrected chi connectivity index (χ4v) is 1.32. The first-order chi connectivity index (χ1) is 7.49. The molecule has 84 valence electrons. The zero-order valence-corrected chi connectivity index (χ0v) is 8.09. The molecule has 0 spiro atoms. The van der Waals surface area contributed by atoms with E-state index in [4.69, 9.17) is 0 Å². The second kappa shape index (κ2) is 3.51. The molecule has 2 rings (SSSR count). The summed E-state index contributed by atoms with van der Waals surface area (Å²) in [5.41, 5.74) is -0.689. The van der Waals surface area contributed by atoms with Crippen molar-refractivity contribution in [3.8, 4) is 5.69 Å². The Kier molecular flexibility index (Phi) is 2.30.